The smallest absolute Gasteiger partial charge is 0.0619 e. The Morgan fingerprint density at radius 3 is 1.44 bits per heavy atom. The van der Waals surface area contributed by atoms with Crippen LogP contribution < -0.4 is 4.90 Å². The number of hydrogen-bond donors (Lipinski definition) is 0. The lowest BCUT2D eigenvalue weighted by molar-refractivity contribution is 1.19. The predicted molar refractivity (Wildman–Crippen MR) is 298 cm³/mol. The van der Waals surface area contributed by atoms with Gasteiger partial charge in [0.15, 0.2) is 0 Å². The van der Waals surface area contributed by atoms with Crippen molar-refractivity contribution in [3.63, 3.8) is 0 Å². The molecule has 0 unspecified atom stereocenters. The van der Waals surface area contributed by atoms with Gasteiger partial charge in [-0.15, -0.1) is 0 Å². The number of hydrogen-bond acceptors (Lipinski definition) is 1. The van der Waals surface area contributed by atoms with Crippen LogP contribution in [0.2, 0.25) is 0 Å². The van der Waals surface area contributed by atoms with Crippen molar-refractivity contribution in [2.24, 2.45) is 0 Å². The maximum absolute atomic E-state index is 2.45. The van der Waals surface area contributed by atoms with Gasteiger partial charge in [0.25, 0.3) is 0 Å². The Labute approximate surface area is 408 Å². The highest BCUT2D eigenvalue weighted by atomic mass is 15.1. The SMILES string of the molecule is c1ccc(-c2ccccc2-c2ccc(N(c3ccc(-c4ccc(-c5cccc6ccccc56)cc4)cc3)c3cccc(-c4cccc5c4c4ccc6ccccc6c4n5-c4ccccc4)c3)cc2)cc1. The van der Waals surface area contributed by atoms with E-state index in [1.807, 2.05) is 0 Å². The maximum atomic E-state index is 2.45. The molecule has 2 nitrogen and oxygen atoms in total. The third-order valence-electron chi connectivity index (χ3n) is 14.0. The second kappa shape index (κ2) is 17.4. The minimum Gasteiger partial charge on any atom is -0.310 e. The first kappa shape index (κ1) is 41.0. The Hall–Kier alpha value is -9.24. The molecule has 1 aromatic heterocycles. The van der Waals surface area contributed by atoms with Crippen LogP contribution >= 0.6 is 0 Å². The fourth-order valence-corrected chi connectivity index (χ4v) is 10.7. The van der Waals surface area contributed by atoms with Crippen LogP contribution in [0, 0.1) is 0 Å². The van der Waals surface area contributed by atoms with E-state index in [-0.39, 0.29) is 0 Å². The van der Waals surface area contributed by atoms with Gasteiger partial charge in [-0.1, -0.05) is 224 Å². The molecule has 13 rings (SSSR count). The molecule has 0 N–H and O–H groups in total. The monoisotopic (exact) mass is 890 g/mol. The van der Waals surface area contributed by atoms with Crippen molar-refractivity contribution in [3.05, 3.63) is 279 Å². The molecule has 0 fully saturated rings. The molecule has 0 aliphatic heterocycles. The van der Waals surface area contributed by atoms with Crippen molar-refractivity contribution in [1.29, 1.82) is 0 Å². The zero-order valence-corrected chi connectivity index (χ0v) is 38.5. The summed E-state index contributed by atoms with van der Waals surface area (Å²) in [4.78, 5) is 2.39. The zero-order chi connectivity index (χ0) is 46.4. The summed E-state index contributed by atoms with van der Waals surface area (Å²) >= 11 is 0. The Bertz CT molecular complexity index is 4010. The van der Waals surface area contributed by atoms with E-state index in [1.54, 1.807) is 0 Å². The molecule has 328 valence electrons. The first-order valence-corrected chi connectivity index (χ1v) is 24.1. The van der Waals surface area contributed by atoms with Crippen LogP contribution in [0.3, 0.4) is 0 Å². The van der Waals surface area contributed by atoms with Gasteiger partial charge in [0.05, 0.1) is 11.0 Å². The average Bonchev–Trinajstić information content (AvgIpc) is 3.79. The van der Waals surface area contributed by atoms with Crippen LogP contribution in [-0.2, 0) is 0 Å². The fourth-order valence-electron chi connectivity index (χ4n) is 10.7. The van der Waals surface area contributed by atoms with Crippen molar-refractivity contribution in [2.75, 3.05) is 4.90 Å². The third-order valence-corrected chi connectivity index (χ3v) is 14.0. The Balaban J connectivity index is 0.929. The van der Waals surface area contributed by atoms with Gasteiger partial charge in [-0.2, -0.15) is 0 Å². The molecule has 2 heteroatoms. The highest BCUT2D eigenvalue weighted by Crippen LogP contribution is 2.44. The molecule has 0 saturated carbocycles. The topological polar surface area (TPSA) is 8.17 Å². The van der Waals surface area contributed by atoms with Gasteiger partial charge in [-0.3, -0.25) is 0 Å². The largest absolute Gasteiger partial charge is 0.310 e. The van der Waals surface area contributed by atoms with E-state index >= 15 is 0 Å². The fraction of sp³-hybridized carbons (Fsp3) is 0. The Kier molecular flexibility index (Phi) is 10.2. The minimum atomic E-state index is 1.08. The van der Waals surface area contributed by atoms with Gasteiger partial charge in [0.1, 0.15) is 0 Å². The molecular weight excluding hydrogens is 845 g/mol. The van der Waals surface area contributed by atoms with Gasteiger partial charge in [-0.05, 0) is 126 Å². The highest BCUT2D eigenvalue weighted by Gasteiger charge is 2.20. The van der Waals surface area contributed by atoms with Crippen LogP contribution in [0.15, 0.2) is 279 Å². The minimum absolute atomic E-state index is 1.08. The number of aromatic nitrogens is 1. The number of nitrogens with zero attached hydrogens (tertiary/aromatic N) is 2. The number of anilines is 3. The summed E-state index contributed by atoms with van der Waals surface area (Å²) in [5, 5.41) is 7.47. The molecule has 0 spiro atoms. The second-order valence-corrected chi connectivity index (χ2v) is 18.0. The van der Waals surface area contributed by atoms with Gasteiger partial charge in [-0.25, -0.2) is 0 Å². The first-order chi connectivity index (χ1) is 34.7. The number of para-hydroxylation sites is 1. The normalized spacial score (nSPS) is 11.4. The van der Waals surface area contributed by atoms with Crippen LogP contribution in [0.25, 0.3) is 105 Å². The molecule has 0 aliphatic carbocycles. The molecule has 70 heavy (non-hydrogen) atoms. The van der Waals surface area contributed by atoms with Crippen molar-refractivity contribution >= 4 is 60.4 Å². The summed E-state index contributed by atoms with van der Waals surface area (Å²) in [5.74, 6) is 0. The van der Waals surface area contributed by atoms with Gasteiger partial charge >= 0.3 is 0 Å². The molecule has 13 aromatic rings. The standard InChI is InChI=1S/C68H46N2/c1-3-16-49(17-4-1)59-26-11-12-27-61(59)53-38-43-57(44-39-53)69(56-41-36-48(37-42-56)47-32-34-52(35-33-47)62-29-14-20-50-18-7-9-25-60(50)62)58-24-13-21-54(46-58)63-30-15-31-66-67(63)65-45-40-51-19-8-10-28-64(51)68(65)70(66)55-22-5-2-6-23-55/h1-46H. The van der Waals surface area contributed by atoms with E-state index in [1.165, 1.54) is 93.4 Å². The van der Waals surface area contributed by atoms with E-state index < -0.39 is 0 Å². The van der Waals surface area contributed by atoms with Crippen molar-refractivity contribution in [2.45, 2.75) is 0 Å². The summed E-state index contributed by atoms with van der Waals surface area (Å²) in [6.07, 6.45) is 0. The molecule has 12 aromatic carbocycles. The lowest BCUT2D eigenvalue weighted by Crippen LogP contribution is -2.10. The summed E-state index contributed by atoms with van der Waals surface area (Å²) in [5.41, 5.74) is 18.8. The maximum Gasteiger partial charge on any atom is 0.0619 e. The van der Waals surface area contributed by atoms with Crippen molar-refractivity contribution in [1.82, 2.24) is 4.57 Å². The lowest BCUT2D eigenvalue weighted by Gasteiger charge is -2.26. The van der Waals surface area contributed by atoms with Gasteiger partial charge < -0.3 is 9.47 Å². The summed E-state index contributed by atoms with van der Waals surface area (Å²) in [6.45, 7) is 0. The lowest BCUT2D eigenvalue weighted by atomic mass is 9.94. The Morgan fingerprint density at radius 2 is 0.729 bits per heavy atom. The van der Waals surface area contributed by atoms with Crippen molar-refractivity contribution < 1.29 is 0 Å². The molecule has 0 radical (unpaired) electrons. The molecule has 0 saturated heterocycles. The van der Waals surface area contributed by atoms with E-state index in [4.69, 9.17) is 0 Å². The van der Waals surface area contributed by atoms with E-state index in [9.17, 15) is 0 Å². The summed E-state index contributed by atoms with van der Waals surface area (Å²) in [6, 6.07) is 102. The number of rotatable bonds is 9. The Morgan fingerprint density at radius 1 is 0.257 bits per heavy atom. The number of fused-ring (bicyclic) bond motifs is 6. The van der Waals surface area contributed by atoms with Crippen LogP contribution in [0.5, 0.6) is 0 Å². The van der Waals surface area contributed by atoms with E-state index in [0.717, 1.165) is 28.3 Å². The van der Waals surface area contributed by atoms with Crippen molar-refractivity contribution in [3.8, 4) is 61.3 Å². The molecular formula is C68H46N2. The van der Waals surface area contributed by atoms with Gasteiger partial charge in [0, 0.05) is 38.9 Å². The quantitative estimate of drug-likeness (QED) is 0.140. The second-order valence-electron chi connectivity index (χ2n) is 18.0. The summed E-state index contributed by atoms with van der Waals surface area (Å²) < 4.78 is 2.45. The van der Waals surface area contributed by atoms with Crippen LogP contribution in [0.4, 0.5) is 17.1 Å². The number of benzene rings is 12. The predicted octanol–water partition coefficient (Wildman–Crippen LogP) is 18.9. The third kappa shape index (κ3) is 7.22. The molecule has 0 bridgehead atoms. The molecule has 0 aliphatic rings. The molecule has 1 heterocycles. The first-order valence-electron chi connectivity index (χ1n) is 24.1. The average molecular weight is 891 g/mol. The van der Waals surface area contributed by atoms with Crippen LogP contribution in [0.1, 0.15) is 0 Å². The van der Waals surface area contributed by atoms with Crippen LogP contribution in [-0.4, -0.2) is 4.57 Å². The zero-order valence-electron chi connectivity index (χ0n) is 38.5. The molecule has 0 atom stereocenters. The van der Waals surface area contributed by atoms with Gasteiger partial charge in [0.2, 0.25) is 0 Å². The summed E-state index contributed by atoms with van der Waals surface area (Å²) in [7, 11) is 0. The molecule has 0 amide bonds. The van der Waals surface area contributed by atoms with E-state index in [2.05, 4.69) is 289 Å². The van der Waals surface area contributed by atoms with E-state index in [0.29, 0.717) is 0 Å². The highest BCUT2D eigenvalue weighted by molar-refractivity contribution is 6.22.